The summed E-state index contributed by atoms with van der Waals surface area (Å²) in [5.41, 5.74) is 8.65. The van der Waals surface area contributed by atoms with Crippen molar-refractivity contribution >= 4 is 16.9 Å². The van der Waals surface area contributed by atoms with Crippen LogP contribution >= 0.6 is 0 Å². The molecule has 11 heteroatoms. The SMILES string of the molecule is CC(=N)NCC[C@@H]1CCC[C@@H](c2ccc(-n3cc4cc(-c5cc(CCCC(N)C6CC6)cc(C(F)(F)F)c5)[nH]c4nc3=O)cc2)N1. The second kappa shape index (κ2) is 13.4. The third kappa shape index (κ3) is 7.70. The molecule has 1 aliphatic carbocycles. The number of aryl methyl sites for hydroxylation is 1. The maximum absolute atomic E-state index is 13.9. The molecule has 8 nitrogen and oxygen atoms in total. The second-order valence-electron chi connectivity index (χ2n) is 13.0. The van der Waals surface area contributed by atoms with E-state index in [-0.39, 0.29) is 12.1 Å². The van der Waals surface area contributed by atoms with E-state index in [1.165, 1.54) is 10.6 Å². The number of piperidine rings is 1. The Hall–Kier alpha value is -3.96. The van der Waals surface area contributed by atoms with Crippen molar-refractivity contribution in [3.05, 3.63) is 81.9 Å². The van der Waals surface area contributed by atoms with Crippen LogP contribution < -0.4 is 22.1 Å². The Morgan fingerprint density at radius 1 is 1.13 bits per heavy atom. The maximum atomic E-state index is 13.9. The van der Waals surface area contributed by atoms with Crippen LogP contribution in [-0.4, -0.2) is 39.0 Å². The number of benzene rings is 2. The van der Waals surface area contributed by atoms with Crippen LogP contribution in [0.4, 0.5) is 13.2 Å². The van der Waals surface area contributed by atoms with Crippen LogP contribution in [0, 0.1) is 11.3 Å². The van der Waals surface area contributed by atoms with E-state index in [1.54, 1.807) is 25.3 Å². The van der Waals surface area contributed by atoms with E-state index in [0.717, 1.165) is 69.5 Å². The van der Waals surface area contributed by atoms with Crippen LogP contribution in [0.15, 0.2) is 59.5 Å². The van der Waals surface area contributed by atoms with Gasteiger partial charge in [0.1, 0.15) is 5.65 Å². The van der Waals surface area contributed by atoms with Gasteiger partial charge in [-0.25, -0.2) is 4.79 Å². The number of amidine groups is 1. The minimum Gasteiger partial charge on any atom is -0.374 e. The van der Waals surface area contributed by atoms with Crippen LogP contribution in [0.5, 0.6) is 0 Å². The van der Waals surface area contributed by atoms with Gasteiger partial charge in [-0.3, -0.25) is 9.98 Å². The van der Waals surface area contributed by atoms with Gasteiger partial charge in [-0.05, 0) is 117 Å². The first-order valence-corrected chi connectivity index (χ1v) is 16.3. The molecule has 1 saturated heterocycles. The lowest BCUT2D eigenvalue weighted by Crippen LogP contribution is -2.39. The molecule has 2 aromatic carbocycles. The molecule has 1 unspecified atom stereocenters. The molecule has 244 valence electrons. The molecule has 1 saturated carbocycles. The highest BCUT2D eigenvalue weighted by Crippen LogP contribution is 2.36. The molecule has 2 aliphatic rings. The standard InChI is InChI=1S/C35H42F3N7O/c1-21(39)41-15-14-28-5-3-7-31(42-28)24-10-12-29(13-11-24)45-20-26-19-32(43-33(26)44-34(45)46)25-16-22(17-27(18-25)35(36,37)38)4-2-6-30(40)23-8-9-23/h10-13,16-20,23,28,30-31,42H,2-9,14-15,40H2,1H3,(H2,39,41)(H,43,44,46)/t28-,30?,31-/m0/s1. The molecular weight excluding hydrogens is 591 g/mol. The fourth-order valence-electron chi connectivity index (χ4n) is 6.60. The number of aromatic nitrogens is 3. The lowest BCUT2D eigenvalue weighted by atomic mass is 9.92. The molecule has 3 heterocycles. The summed E-state index contributed by atoms with van der Waals surface area (Å²) in [6, 6.07) is 14.4. The lowest BCUT2D eigenvalue weighted by molar-refractivity contribution is -0.137. The zero-order valence-corrected chi connectivity index (χ0v) is 26.1. The molecule has 0 amide bonds. The second-order valence-corrected chi connectivity index (χ2v) is 13.0. The molecule has 3 atom stereocenters. The summed E-state index contributed by atoms with van der Waals surface area (Å²) in [6.45, 7) is 2.51. The van der Waals surface area contributed by atoms with Gasteiger partial charge >= 0.3 is 11.9 Å². The van der Waals surface area contributed by atoms with Gasteiger partial charge in [0.2, 0.25) is 0 Å². The fourth-order valence-corrected chi connectivity index (χ4v) is 6.60. The van der Waals surface area contributed by atoms with Gasteiger partial charge in [0.05, 0.1) is 17.1 Å². The summed E-state index contributed by atoms with van der Waals surface area (Å²) in [4.78, 5) is 20.4. The predicted molar refractivity (Wildman–Crippen MR) is 175 cm³/mol. The first-order chi connectivity index (χ1) is 22.0. The van der Waals surface area contributed by atoms with Crippen LogP contribution in [0.3, 0.4) is 0 Å². The molecule has 6 rings (SSSR count). The van der Waals surface area contributed by atoms with Crippen molar-refractivity contribution < 1.29 is 13.2 Å². The number of hydrogen-bond acceptors (Lipinski definition) is 5. The van der Waals surface area contributed by atoms with Crippen molar-refractivity contribution in [2.45, 2.75) is 89.0 Å². The highest BCUT2D eigenvalue weighted by atomic mass is 19.4. The van der Waals surface area contributed by atoms with Gasteiger partial charge in [0.15, 0.2) is 0 Å². The van der Waals surface area contributed by atoms with Crippen molar-refractivity contribution in [2.75, 3.05) is 6.54 Å². The monoisotopic (exact) mass is 633 g/mol. The van der Waals surface area contributed by atoms with Gasteiger partial charge < -0.3 is 21.4 Å². The van der Waals surface area contributed by atoms with Gasteiger partial charge in [-0.1, -0.05) is 18.6 Å². The van der Waals surface area contributed by atoms with Crippen LogP contribution in [0.25, 0.3) is 28.0 Å². The number of aromatic amines is 1. The Labute approximate surface area is 266 Å². The minimum atomic E-state index is -4.48. The summed E-state index contributed by atoms with van der Waals surface area (Å²) in [7, 11) is 0. The Morgan fingerprint density at radius 2 is 1.91 bits per heavy atom. The van der Waals surface area contributed by atoms with E-state index in [0.29, 0.717) is 57.8 Å². The molecule has 2 fully saturated rings. The molecule has 0 radical (unpaired) electrons. The van der Waals surface area contributed by atoms with Gasteiger partial charge in [0, 0.05) is 41.9 Å². The number of rotatable bonds is 11. The molecule has 46 heavy (non-hydrogen) atoms. The molecule has 0 spiro atoms. The summed E-state index contributed by atoms with van der Waals surface area (Å²) >= 11 is 0. The number of nitrogens with one attached hydrogen (secondary N) is 4. The van der Waals surface area contributed by atoms with E-state index in [4.69, 9.17) is 11.1 Å². The first-order valence-electron chi connectivity index (χ1n) is 16.3. The Balaban J connectivity index is 1.20. The summed E-state index contributed by atoms with van der Waals surface area (Å²) < 4.78 is 43.1. The predicted octanol–water partition coefficient (Wildman–Crippen LogP) is 6.62. The first kappa shape index (κ1) is 32.0. The van der Waals surface area contributed by atoms with E-state index in [1.807, 2.05) is 24.3 Å². The molecule has 6 N–H and O–H groups in total. The van der Waals surface area contributed by atoms with Gasteiger partial charge in [-0.2, -0.15) is 18.2 Å². The summed E-state index contributed by atoms with van der Waals surface area (Å²) in [5, 5.41) is 15.0. The van der Waals surface area contributed by atoms with Crippen LogP contribution in [-0.2, 0) is 12.6 Å². The zero-order chi connectivity index (χ0) is 32.4. The normalized spacial score (nSPS) is 19.3. The Morgan fingerprint density at radius 3 is 2.63 bits per heavy atom. The third-order valence-electron chi connectivity index (χ3n) is 9.31. The number of alkyl halides is 3. The van der Waals surface area contributed by atoms with Crippen LogP contribution in [0.1, 0.15) is 81.0 Å². The molecule has 1 aliphatic heterocycles. The van der Waals surface area contributed by atoms with Crippen LogP contribution in [0.2, 0.25) is 0 Å². The Bertz CT molecular complexity index is 1740. The molecule has 2 aromatic heterocycles. The smallest absolute Gasteiger partial charge is 0.374 e. The lowest BCUT2D eigenvalue weighted by Gasteiger charge is -2.31. The zero-order valence-electron chi connectivity index (χ0n) is 26.1. The number of H-pyrrole nitrogens is 1. The van der Waals surface area contributed by atoms with Crippen molar-refractivity contribution in [2.24, 2.45) is 11.7 Å². The van der Waals surface area contributed by atoms with E-state index in [2.05, 4.69) is 20.6 Å². The number of halogens is 3. The molecule has 4 aromatic rings. The van der Waals surface area contributed by atoms with E-state index >= 15 is 0 Å². The van der Waals surface area contributed by atoms with Gasteiger partial charge in [0.25, 0.3) is 0 Å². The largest absolute Gasteiger partial charge is 0.416 e. The van der Waals surface area contributed by atoms with Crippen molar-refractivity contribution in [1.29, 1.82) is 5.41 Å². The molecule has 0 bridgehead atoms. The average molecular weight is 634 g/mol. The van der Waals surface area contributed by atoms with Gasteiger partial charge in [-0.15, -0.1) is 0 Å². The number of fused-ring (bicyclic) bond motifs is 1. The number of nitrogens with two attached hydrogens (primary N) is 1. The summed E-state index contributed by atoms with van der Waals surface area (Å²) in [5.74, 6) is 1.03. The van der Waals surface area contributed by atoms with Crippen molar-refractivity contribution in [1.82, 2.24) is 25.2 Å². The van der Waals surface area contributed by atoms with Crippen molar-refractivity contribution in [3.8, 4) is 16.9 Å². The average Bonchev–Trinajstić information content (AvgIpc) is 3.80. The maximum Gasteiger partial charge on any atom is 0.416 e. The third-order valence-corrected chi connectivity index (χ3v) is 9.31. The topological polar surface area (TPSA) is 125 Å². The highest BCUT2D eigenvalue weighted by Gasteiger charge is 2.32. The summed E-state index contributed by atoms with van der Waals surface area (Å²) in [6.07, 6.45) is 5.70. The van der Waals surface area contributed by atoms with E-state index < -0.39 is 17.4 Å². The van der Waals surface area contributed by atoms with E-state index in [9.17, 15) is 18.0 Å². The fraction of sp³-hybridized carbons (Fsp3) is 0.457. The Kier molecular flexibility index (Phi) is 9.33. The minimum absolute atomic E-state index is 0.112. The van der Waals surface area contributed by atoms with Crippen molar-refractivity contribution in [3.63, 3.8) is 0 Å². The highest BCUT2D eigenvalue weighted by molar-refractivity contribution is 5.83. The number of hydrogen-bond donors (Lipinski definition) is 5. The molecular formula is C35H42F3N7O. The quantitative estimate of drug-likeness (QED) is 0.0938. The number of nitrogens with zero attached hydrogens (tertiary/aromatic N) is 2.